The minimum atomic E-state index is -4.67. The van der Waals surface area contributed by atoms with Gasteiger partial charge in [0.15, 0.2) is 5.69 Å². The molecule has 1 amide bonds. The number of anilines is 2. The highest BCUT2D eigenvalue weighted by molar-refractivity contribution is 5.93. The molecule has 0 bridgehead atoms. The molecule has 1 aromatic carbocycles. The van der Waals surface area contributed by atoms with Crippen LogP contribution in [-0.2, 0) is 37.0 Å². The van der Waals surface area contributed by atoms with Crippen molar-refractivity contribution in [1.82, 2.24) is 29.5 Å². The fourth-order valence-corrected chi connectivity index (χ4v) is 7.54. The number of carbonyl (C=O) groups is 1. The van der Waals surface area contributed by atoms with E-state index in [-0.39, 0.29) is 41.8 Å². The maximum atomic E-state index is 14.3. The van der Waals surface area contributed by atoms with Crippen LogP contribution in [0.3, 0.4) is 0 Å². The fourth-order valence-electron chi connectivity index (χ4n) is 7.54. The Bertz CT molecular complexity index is 1840. The summed E-state index contributed by atoms with van der Waals surface area (Å²) >= 11 is 0. The number of halogens is 4. The van der Waals surface area contributed by atoms with Crippen LogP contribution in [0.15, 0.2) is 12.1 Å². The number of hydrogen-bond donors (Lipinski definition) is 1. The van der Waals surface area contributed by atoms with Crippen molar-refractivity contribution >= 4 is 17.4 Å². The average molecular weight is 713 g/mol. The normalized spacial score (nSPS) is 21.4. The largest absolute Gasteiger partial charge is 0.467 e. The summed E-state index contributed by atoms with van der Waals surface area (Å²) in [7, 11) is 4.81. The number of aromatic nitrogens is 4. The summed E-state index contributed by atoms with van der Waals surface area (Å²) in [5.74, 6) is 5.48. The lowest BCUT2D eigenvalue weighted by atomic mass is 9.91. The lowest BCUT2D eigenvalue weighted by Crippen LogP contribution is -2.29. The Morgan fingerprint density at radius 1 is 1.16 bits per heavy atom. The minimum Gasteiger partial charge on any atom is -0.467 e. The van der Waals surface area contributed by atoms with Crippen molar-refractivity contribution in [2.75, 3.05) is 51.5 Å². The summed E-state index contributed by atoms with van der Waals surface area (Å²) in [6, 6.07) is 3.24. The van der Waals surface area contributed by atoms with Gasteiger partial charge in [0.2, 0.25) is 0 Å². The first-order valence-corrected chi connectivity index (χ1v) is 17.2. The predicted molar refractivity (Wildman–Crippen MR) is 183 cm³/mol. The first-order valence-electron chi connectivity index (χ1n) is 17.2. The molecule has 2 fully saturated rings. The van der Waals surface area contributed by atoms with Crippen molar-refractivity contribution in [2.45, 2.75) is 90.1 Å². The Kier molecular flexibility index (Phi) is 10.5. The van der Waals surface area contributed by atoms with Crippen LogP contribution < -0.4 is 15.4 Å². The Balaban J connectivity index is 0.000000428. The van der Waals surface area contributed by atoms with Gasteiger partial charge in [-0.3, -0.25) is 14.4 Å². The lowest BCUT2D eigenvalue weighted by Gasteiger charge is -2.31. The van der Waals surface area contributed by atoms with Crippen LogP contribution in [0.4, 0.5) is 29.1 Å². The second-order valence-corrected chi connectivity index (χ2v) is 13.6. The second kappa shape index (κ2) is 14.7. The monoisotopic (exact) mass is 712 g/mol. The molecule has 6 heterocycles. The summed E-state index contributed by atoms with van der Waals surface area (Å²) < 4.78 is 68.8. The SMILES string of the molecule is CC#Cc1cc(N)cc(C2Cc3nc(OC)nc(N4CCCn5nc(C(=O)N(C)C)c(C)c5C4)c3CO2)c1C(F)(F)F.FC1CC2CCCN2C1. The van der Waals surface area contributed by atoms with E-state index in [9.17, 15) is 22.4 Å². The standard InChI is InChI=1S/C29H32F3N7O3.C7H12FN/c1-6-8-17-11-18(33)12-19(24(17)29(30,31)32)23-13-21-20(15-42-23)26(35-28(34-21)41-5)38-9-7-10-39-22(14-38)16(2)25(36-39)27(40)37(3)4;8-6-4-7-2-1-3-9(7)5-6/h11-12,23H,7,9-10,13-15,33H2,1-5H3;6-7H,1-5H2. The topological polar surface area (TPSA) is 115 Å². The van der Waals surface area contributed by atoms with Crippen LogP contribution >= 0.6 is 0 Å². The zero-order chi connectivity index (χ0) is 36.6. The number of fused-ring (bicyclic) bond motifs is 3. The van der Waals surface area contributed by atoms with E-state index < -0.39 is 24.0 Å². The molecule has 0 aliphatic carbocycles. The summed E-state index contributed by atoms with van der Waals surface area (Å²) in [5.41, 5.74) is 8.31. The number of hydrogen-bond acceptors (Lipinski definition) is 9. The Labute approximate surface area is 295 Å². The highest BCUT2D eigenvalue weighted by Gasteiger charge is 2.40. The summed E-state index contributed by atoms with van der Waals surface area (Å²) in [6.45, 7) is 6.86. The second-order valence-electron chi connectivity index (χ2n) is 13.6. The van der Waals surface area contributed by atoms with Crippen LogP contribution in [0.1, 0.15) is 88.4 Å². The molecule has 3 aromatic rings. The molecular formula is C36H44F4N8O3. The molecule has 15 heteroatoms. The van der Waals surface area contributed by atoms with Gasteiger partial charge in [0.05, 0.1) is 43.3 Å². The number of amides is 1. The maximum Gasteiger partial charge on any atom is 0.417 e. The number of nitrogens with two attached hydrogens (primary N) is 1. The van der Waals surface area contributed by atoms with Crippen molar-refractivity contribution in [2.24, 2.45) is 0 Å². The Morgan fingerprint density at radius 3 is 2.63 bits per heavy atom. The van der Waals surface area contributed by atoms with Crippen molar-refractivity contribution in [3.8, 4) is 17.9 Å². The third kappa shape index (κ3) is 7.48. The molecular weight excluding hydrogens is 668 g/mol. The Hall–Kier alpha value is -4.42. The molecule has 3 atom stereocenters. The number of nitrogen functional groups attached to an aromatic ring is 1. The van der Waals surface area contributed by atoms with Gasteiger partial charge >= 0.3 is 12.2 Å². The highest BCUT2D eigenvalue weighted by Crippen LogP contribution is 2.43. The van der Waals surface area contributed by atoms with Gasteiger partial charge in [0, 0.05) is 68.6 Å². The smallest absolute Gasteiger partial charge is 0.417 e. The van der Waals surface area contributed by atoms with Gasteiger partial charge in [0.1, 0.15) is 12.0 Å². The van der Waals surface area contributed by atoms with E-state index in [0.717, 1.165) is 30.6 Å². The van der Waals surface area contributed by atoms with E-state index in [1.165, 1.54) is 43.9 Å². The van der Waals surface area contributed by atoms with Crippen LogP contribution in [0.2, 0.25) is 0 Å². The molecule has 0 radical (unpaired) electrons. The Morgan fingerprint density at radius 2 is 1.94 bits per heavy atom. The number of nitrogens with zero attached hydrogens (tertiary/aromatic N) is 7. The van der Waals surface area contributed by atoms with Gasteiger partial charge in [-0.05, 0) is 63.8 Å². The van der Waals surface area contributed by atoms with E-state index in [1.54, 1.807) is 14.1 Å². The van der Waals surface area contributed by atoms with E-state index in [2.05, 4.69) is 36.7 Å². The molecule has 0 saturated carbocycles. The molecule has 0 spiro atoms. The minimum absolute atomic E-state index is 0.0146. The molecule has 2 N–H and O–H groups in total. The van der Waals surface area contributed by atoms with Gasteiger partial charge < -0.3 is 25.0 Å². The summed E-state index contributed by atoms with van der Waals surface area (Å²) in [4.78, 5) is 27.7. The molecule has 7 rings (SSSR count). The first kappa shape index (κ1) is 36.4. The summed E-state index contributed by atoms with van der Waals surface area (Å²) in [5, 5.41) is 4.58. The van der Waals surface area contributed by atoms with E-state index in [0.29, 0.717) is 55.0 Å². The maximum absolute atomic E-state index is 14.3. The van der Waals surface area contributed by atoms with Gasteiger partial charge in [-0.1, -0.05) is 5.92 Å². The van der Waals surface area contributed by atoms with Crippen LogP contribution in [0.5, 0.6) is 6.01 Å². The van der Waals surface area contributed by atoms with Crippen LogP contribution in [-0.4, -0.2) is 88.5 Å². The van der Waals surface area contributed by atoms with Gasteiger partial charge in [0.25, 0.3) is 5.91 Å². The number of rotatable bonds is 4. The first-order chi connectivity index (χ1) is 24.3. The van der Waals surface area contributed by atoms with Crippen molar-refractivity contribution in [1.29, 1.82) is 0 Å². The number of alkyl halides is 4. The van der Waals surface area contributed by atoms with Gasteiger partial charge in [-0.15, -0.1) is 5.92 Å². The predicted octanol–water partition coefficient (Wildman–Crippen LogP) is 5.08. The summed E-state index contributed by atoms with van der Waals surface area (Å²) in [6.07, 6.45) is -2.03. The molecule has 11 nitrogen and oxygen atoms in total. The average Bonchev–Trinajstić information content (AvgIpc) is 3.70. The zero-order valence-electron chi connectivity index (χ0n) is 29.6. The molecule has 274 valence electrons. The third-order valence-electron chi connectivity index (χ3n) is 9.95. The van der Waals surface area contributed by atoms with E-state index in [1.807, 2.05) is 11.6 Å². The number of carbonyl (C=O) groups excluding carboxylic acids is 1. The fraction of sp³-hybridized carbons (Fsp3) is 0.556. The van der Waals surface area contributed by atoms with E-state index >= 15 is 0 Å². The zero-order valence-corrected chi connectivity index (χ0v) is 29.6. The molecule has 2 saturated heterocycles. The van der Waals surface area contributed by atoms with Crippen molar-refractivity contribution < 1.29 is 31.8 Å². The highest BCUT2D eigenvalue weighted by atomic mass is 19.4. The van der Waals surface area contributed by atoms with Crippen molar-refractivity contribution in [3.63, 3.8) is 0 Å². The van der Waals surface area contributed by atoms with Gasteiger partial charge in [-0.25, -0.2) is 4.39 Å². The van der Waals surface area contributed by atoms with Crippen LogP contribution in [0, 0.1) is 18.8 Å². The lowest BCUT2D eigenvalue weighted by molar-refractivity contribution is -0.140. The van der Waals surface area contributed by atoms with Gasteiger partial charge in [-0.2, -0.15) is 28.2 Å². The van der Waals surface area contributed by atoms with E-state index in [4.69, 9.17) is 15.2 Å². The quantitative estimate of drug-likeness (QED) is 0.225. The number of aryl methyl sites for hydroxylation is 1. The number of ether oxygens (including phenoxy) is 2. The van der Waals surface area contributed by atoms with Crippen molar-refractivity contribution in [3.05, 3.63) is 57.0 Å². The molecule has 2 aromatic heterocycles. The number of benzene rings is 1. The molecule has 3 unspecified atom stereocenters. The third-order valence-corrected chi connectivity index (χ3v) is 9.95. The molecule has 51 heavy (non-hydrogen) atoms. The molecule has 4 aliphatic rings. The molecule has 4 aliphatic heterocycles. The van der Waals surface area contributed by atoms with Crippen LogP contribution in [0.25, 0.3) is 0 Å². The number of methoxy groups -OCH3 is 1.